The summed E-state index contributed by atoms with van der Waals surface area (Å²) in [5.41, 5.74) is 1.38. The van der Waals surface area contributed by atoms with Crippen LogP contribution in [-0.2, 0) is 0 Å². The van der Waals surface area contributed by atoms with Crippen LogP contribution in [0.5, 0.6) is 11.6 Å². The van der Waals surface area contributed by atoms with E-state index >= 15 is 0 Å². The third-order valence-electron chi connectivity index (χ3n) is 3.40. The number of nitrogens with zero attached hydrogens (tertiary/aromatic N) is 1. The number of ether oxygens (including phenoxy) is 1. The molecular weight excluding hydrogens is 305 g/mol. The van der Waals surface area contributed by atoms with Crippen molar-refractivity contribution in [3.63, 3.8) is 0 Å². The van der Waals surface area contributed by atoms with Crippen molar-refractivity contribution < 1.29 is 14.2 Å². The van der Waals surface area contributed by atoms with E-state index in [0.29, 0.717) is 22.6 Å². The molecule has 1 N–H and O–H groups in total. The summed E-state index contributed by atoms with van der Waals surface area (Å²) in [6.45, 7) is 5.96. The van der Waals surface area contributed by atoms with Gasteiger partial charge < -0.3 is 9.84 Å². The molecule has 0 aliphatic carbocycles. The number of aromatic nitrogens is 1. The topological polar surface area (TPSA) is 42.4 Å². The van der Waals surface area contributed by atoms with Crippen molar-refractivity contribution in [1.82, 2.24) is 4.98 Å². The van der Waals surface area contributed by atoms with Gasteiger partial charge >= 0.3 is 0 Å². The maximum Gasteiger partial charge on any atom is 0.213 e. The quantitative estimate of drug-likeness (QED) is 0.814. The lowest BCUT2D eigenvalue weighted by Crippen LogP contribution is -2.14. The molecule has 0 radical (unpaired) electrons. The average Bonchev–Trinajstić information content (AvgIpc) is 2.46. The van der Waals surface area contributed by atoms with E-state index in [1.54, 1.807) is 12.1 Å². The van der Waals surface area contributed by atoms with Gasteiger partial charge in [-0.05, 0) is 28.7 Å². The van der Waals surface area contributed by atoms with Crippen molar-refractivity contribution in [2.24, 2.45) is 5.41 Å². The van der Waals surface area contributed by atoms with E-state index in [9.17, 15) is 9.50 Å². The van der Waals surface area contributed by atoms with Crippen LogP contribution in [0, 0.1) is 11.2 Å². The van der Waals surface area contributed by atoms with Crippen molar-refractivity contribution in [2.45, 2.75) is 26.1 Å². The van der Waals surface area contributed by atoms with Crippen LogP contribution in [0.1, 0.15) is 31.7 Å². The molecule has 118 valence electrons. The van der Waals surface area contributed by atoms with Gasteiger partial charge in [0.05, 0.1) is 18.7 Å². The second-order valence-corrected chi connectivity index (χ2v) is 6.64. The fraction of sp³-hybridized carbons (Fsp3) is 0.353. The first kappa shape index (κ1) is 16.6. The molecule has 3 nitrogen and oxygen atoms in total. The number of hydrogen-bond acceptors (Lipinski definition) is 3. The molecule has 1 heterocycles. The number of benzene rings is 1. The predicted molar refractivity (Wildman–Crippen MR) is 85.9 cm³/mol. The summed E-state index contributed by atoms with van der Waals surface area (Å²) < 4.78 is 19.3. The SMILES string of the molecule is COc1cc(-c2ccc(O)cc2C(Cl)C(C)(C)C)c(F)cn1. The summed E-state index contributed by atoms with van der Waals surface area (Å²) >= 11 is 6.55. The Labute approximate surface area is 134 Å². The predicted octanol–water partition coefficient (Wildman–Crippen LogP) is 4.93. The Hall–Kier alpha value is -1.81. The Balaban J connectivity index is 2.66. The first-order valence-electron chi connectivity index (χ1n) is 6.91. The number of phenolic OH excluding ortho intramolecular Hbond substituents is 1. The van der Waals surface area contributed by atoms with Gasteiger partial charge in [-0.3, -0.25) is 0 Å². The van der Waals surface area contributed by atoms with E-state index in [2.05, 4.69) is 4.98 Å². The Kier molecular flexibility index (Phi) is 4.61. The molecule has 0 fully saturated rings. The van der Waals surface area contributed by atoms with Gasteiger partial charge in [0.2, 0.25) is 5.88 Å². The zero-order valence-corrected chi connectivity index (χ0v) is 13.8. The zero-order chi connectivity index (χ0) is 16.5. The Bertz CT molecular complexity index is 683. The second kappa shape index (κ2) is 6.13. The van der Waals surface area contributed by atoms with Crippen LogP contribution in [0.15, 0.2) is 30.5 Å². The minimum absolute atomic E-state index is 0.0927. The number of hydrogen-bond donors (Lipinski definition) is 1. The summed E-state index contributed by atoms with van der Waals surface area (Å²) in [4.78, 5) is 3.84. The van der Waals surface area contributed by atoms with Crippen LogP contribution >= 0.6 is 11.6 Å². The minimum atomic E-state index is -0.467. The largest absolute Gasteiger partial charge is 0.508 e. The number of methoxy groups -OCH3 is 1. The highest BCUT2D eigenvalue weighted by Crippen LogP contribution is 2.44. The molecule has 0 aliphatic heterocycles. The fourth-order valence-electron chi connectivity index (χ4n) is 2.21. The second-order valence-electron chi connectivity index (χ2n) is 6.21. The lowest BCUT2D eigenvalue weighted by Gasteiger charge is -2.27. The van der Waals surface area contributed by atoms with E-state index in [4.69, 9.17) is 16.3 Å². The van der Waals surface area contributed by atoms with Crippen LogP contribution in [0.2, 0.25) is 0 Å². The molecule has 0 amide bonds. The Morgan fingerprint density at radius 1 is 1.23 bits per heavy atom. The molecule has 0 aliphatic rings. The number of alkyl halides is 1. The molecule has 1 aromatic carbocycles. The van der Waals surface area contributed by atoms with Crippen molar-refractivity contribution >= 4 is 11.6 Å². The van der Waals surface area contributed by atoms with E-state index < -0.39 is 11.2 Å². The molecule has 22 heavy (non-hydrogen) atoms. The molecule has 5 heteroatoms. The number of phenols is 1. The molecule has 1 unspecified atom stereocenters. The monoisotopic (exact) mass is 323 g/mol. The Morgan fingerprint density at radius 3 is 2.50 bits per heavy atom. The van der Waals surface area contributed by atoms with Gasteiger partial charge in [0.15, 0.2) is 0 Å². The van der Waals surface area contributed by atoms with E-state index in [1.807, 2.05) is 20.8 Å². The Morgan fingerprint density at radius 2 is 1.91 bits per heavy atom. The standard InChI is InChI=1S/C17H19ClFNO2/c1-17(2,3)16(18)13-7-10(21)5-6-11(13)12-8-15(22-4)20-9-14(12)19/h5-9,16,21H,1-4H3. The molecule has 0 bridgehead atoms. The maximum atomic E-state index is 14.2. The van der Waals surface area contributed by atoms with Crippen molar-refractivity contribution in [3.05, 3.63) is 41.8 Å². The summed E-state index contributed by atoms with van der Waals surface area (Å²) in [5, 5.41) is 9.38. The van der Waals surface area contributed by atoms with Crippen LogP contribution < -0.4 is 4.74 Å². The lowest BCUT2D eigenvalue weighted by atomic mass is 9.84. The van der Waals surface area contributed by atoms with Crippen LogP contribution in [0.25, 0.3) is 11.1 Å². The first-order valence-corrected chi connectivity index (χ1v) is 7.34. The van der Waals surface area contributed by atoms with Gasteiger partial charge in [-0.1, -0.05) is 26.8 Å². The number of pyridine rings is 1. The van der Waals surface area contributed by atoms with Gasteiger partial charge in [0.1, 0.15) is 11.6 Å². The minimum Gasteiger partial charge on any atom is -0.508 e. The first-order chi connectivity index (χ1) is 10.2. The highest BCUT2D eigenvalue weighted by atomic mass is 35.5. The number of aromatic hydroxyl groups is 1. The molecular formula is C17H19ClFNO2. The molecule has 0 saturated heterocycles. The van der Waals surface area contributed by atoms with Crippen LogP contribution in [0.4, 0.5) is 4.39 Å². The van der Waals surface area contributed by atoms with Gasteiger partial charge in [-0.15, -0.1) is 11.6 Å². The van der Waals surface area contributed by atoms with Crippen LogP contribution in [0.3, 0.4) is 0 Å². The van der Waals surface area contributed by atoms with Gasteiger partial charge in [-0.25, -0.2) is 9.37 Å². The molecule has 2 aromatic rings. The fourth-order valence-corrected chi connectivity index (χ4v) is 2.39. The van der Waals surface area contributed by atoms with Gasteiger partial charge in [0.25, 0.3) is 0 Å². The highest BCUT2D eigenvalue weighted by Gasteiger charge is 2.27. The van der Waals surface area contributed by atoms with Gasteiger partial charge in [0, 0.05) is 11.6 Å². The maximum absolute atomic E-state index is 14.2. The zero-order valence-electron chi connectivity index (χ0n) is 13.0. The van der Waals surface area contributed by atoms with Gasteiger partial charge in [-0.2, -0.15) is 0 Å². The van der Waals surface area contributed by atoms with E-state index in [1.165, 1.54) is 19.2 Å². The third kappa shape index (κ3) is 3.33. The molecule has 1 aromatic heterocycles. The van der Waals surface area contributed by atoms with E-state index in [-0.39, 0.29) is 11.2 Å². The summed E-state index contributed by atoms with van der Waals surface area (Å²) in [5.74, 6) is -0.0575. The van der Waals surface area contributed by atoms with Crippen LogP contribution in [-0.4, -0.2) is 17.2 Å². The lowest BCUT2D eigenvalue weighted by molar-refractivity contribution is 0.394. The van der Waals surface area contributed by atoms with E-state index in [0.717, 1.165) is 6.20 Å². The average molecular weight is 324 g/mol. The highest BCUT2D eigenvalue weighted by molar-refractivity contribution is 6.21. The summed E-state index contributed by atoms with van der Waals surface area (Å²) in [6.07, 6.45) is 1.12. The van der Waals surface area contributed by atoms with Crippen molar-refractivity contribution in [1.29, 1.82) is 0 Å². The number of rotatable bonds is 3. The number of halogens is 2. The molecule has 2 rings (SSSR count). The molecule has 0 spiro atoms. The molecule has 1 atom stereocenters. The van der Waals surface area contributed by atoms with Crippen molar-refractivity contribution in [2.75, 3.05) is 7.11 Å². The normalized spacial score (nSPS) is 13.0. The van der Waals surface area contributed by atoms with Crippen molar-refractivity contribution in [3.8, 4) is 22.8 Å². The molecule has 0 saturated carbocycles. The third-order valence-corrected chi connectivity index (χ3v) is 4.29. The summed E-state index contributed by atoms with van der Waals surface area (Å²) in [7, 11) is 1.47. The smallest absolute Gasteiger partial charge is 0.213 e. The summed E-state index contributed by atoms with van der Waals surface area (Å²) in [6, 6.07) is 6.27.